The van der Waals surface area contributed by atoms with Crippen molar-refractivity contribution in [1.29, 1.82) is 0 Å². The van der Waals surface area contributed by atoms with Crippen LogP contribution in [-0.4, -0.2) is 15.1 Å². The highest BCUT2D eigenvalue weighted by Crippen LogP contribution is 2.12. The van der Waals surface area contributed by atoms with Gasteiger partial charge in [0.2, 0.25) is 0 Å². The molecule has 1 aromatic heterocycles. The summed E-state index contributed by atoms with van der Waals surface area (Å²) in [6.07, 6.45) is 8.13. The minimum absolute atomic E-state index is 0.252. The van der Waals surface area contributed by atoms with Crippen LogP contribution in [0.1, 0.15) is 12.7 Å². The Bertz CT molecular complexity index is 274. The molecule has 56 valence electrons. The van der Waals surface area contributed by atoms with Crippen LogP contribution >= 0.6 is 0 Å². The van der Waals surface area contributed by atoms with Crippen molar-refractivity contribution >= 4 is 0 Å². The molecule has 0 aliphatic heterocycles. The van der Waals surface area contributed by atoms with Crippen molar-refractivity contribution in [3.63, 3.8) is 0 Å². The third kappa shape index (κ3) is 1.54. The van der Waals surface area contributed by atoms with Gasteiger partial charge in [0.1, 0.15) is 0 Å². The zero-order chi connectivity index (χ0) is 8.32. The van der Waals surface area contributed by atoms with Gasteiger partial charge in [0, 0.05) is 12.4 Å². The first-order valence-corrected chi connectivity index (χ1v) is 3.14. The molecule has 3 nitrogen and oxygen atoms in total. The van der Waals surface area contributed by atoms with E-state index in [-0.39, 0.29) is 5.82 Å². The first-order chi connectivity index (χ1) is 5.17. The van der Waals surface area contributed by atoms with Gasteiger partial charge in [-0.3, -0.25) is 0 Å². The van der Waals surface area contributed by atoms with Crippen LogP contribution in [0.2, 0.25) is 0 Å². The second-order valence-electron chi connectivity index (χ2n) is 2.29. The van der Waals surface area contributed by atoms with Crippen LogP contribution in [0.5, 0.6) is 0 Å². The first kappa shape index (κ1) is 7.70. The molecular weight excluding hydrogens is 140 g/mol. The number of hydrogen-bond donors (Lipinski definition) is 1. The van der Waals surface area contributed by atoms with Crippen LogP contribution in [-0.2, 0) is 5.60 Å². The smallest absolute Gasteiger partial charge is 0.182 e. The average Bonchev–Trinajstić information content (AvgIpc) is 2.06. The number of aromatic nitrogens is 2. The van der Waals surface area contributed by atoms with Crippen LogP contribution in [0.3, 0.4) is 0 Å². The molecule has 3 heteroatoms. The van der Waals surface area contributed by atoms with Crippen LogP contribution in [0, 0.1) is 12.3 Å². The summed E-state index contributed by atoms with van der Waals surface area (Å²) in [6.45, 7) is 1.47. The van der Waals surface area contributed by atoms with Gasteiger partial charge in [-0.25, -0.2) is 9.97 Å². The Morgan fingerprint density at radius 1 is 1.55 bits per heavy atom. The molecule has 1 heterocycles. The van der Waals surface area contributed by atoms with E-state index in [4.69, 9.17) is 6.42 Å². The van der Waals surface area contributed by atoms with Gasteiger partial charge < -0.3 is 5.11 Å². The van der Waals surface area contributed by atoms with E-state index in [1.807, 2.05) is 0 Å². The van der Waals surface area contributed by atoms with E-state index in [1.54, 1.807) is 6.07 Å². The molecule has 0 unspecified atom stereocenters. The lowest BCUT2D eigenvalue weighted by Gasteiger charge is -2.12. The normalized spacial score (nSPS) is 15.0. The van der Waals surface area contributed by atoms with Crippen molar-refractivity contribution in [1.82, 2.24) is 9.97 Å². The maximum absolute atomic E-state index is 9.43. The summed E-state index contributed by atoms with van der Waals surface area (Å²) >= 11 is 0. The van der Waals surface area contributed by atoms with Crippen LogP contribution < -0.4 is 0 Å². The van der Waals surface area contributed by atoms with Crippen LogP contribution in [0.4, 0.5) is 0 Å². The molecule has 0 spiro atoms. The fourth-order valence-corrected chi connectivity index (χ4v) is 0.615. The van der Waals surface area contributed by atoms with E-state index in [2.05, 4.69) is 15.9 Å². The molecule has 0 aliphatic rings. The van der Waals surface area contributed by atoms with Gasteiger partial charge in [0.05, 0.1) is 0 Å². The second-order valence-corrected chi connectivity index (χ2v) is 2.29. The molecule has 1 N–H and O–H groups in total. The van der Waals surface area contributed by atoms with E-state index < -0.39 is 5.60 Å². The van der Waals surface area contributed by atoms with Gasteiger partial charge in [0.25, 0.3) is 0 Å². The topological polar surface area (TPSA) is 46.0 Å². The maximum Gasteiger partial charge on any atom is 0.182 e. The lowest BCUT2D eigenvalue weighted by atomic mass is 10.1. The molecule has 1 aromatic rings. The molecule has 0 aromatic carbocycles. The maximum atomic E-state index is 9.43. The molecule has 11 heavy (non-hydrogen) atoms. The van der Waals surface area contributed by atoms with E-state index in [1.165, 1.54) is 19.3 Å². The van der Waals surface area contributed by atoms with Gasteiger partial charge in [0.15, 0.2) is 11.4 Å². The monoisotopic (exact) mass is 148 g/mol. The summed E-state index contributed by atoms with van der Waals surface area (Å²) in [7, 11) is 0. The molecule has 0 saturated carbocycles. The lowest BCUT2D eigenvalue weighted by molar-refractivity contribution is 0.112. The standard InChI is InChI=1S/C8H8N2O/c1-3-8(2,11)7-9-5-4-6-10-7/h1,4-6,11H,2H3/t8-/m1/s1. The summed E-state index contributed by atoms with van der Waals surface area (Å²) in [5.41, 5.74) is -1.36. The van der Waals surface area contributed by atoms with Crippen molar-refractivity contribution in [3.05, 3.63) is 24.3 Å². The number of rotatable bonds is 1. The van der Waals surface area contributed by atoms with Crippen molar-refractivity contribution in [2.24, 2.45) is 0 Å². The predicted octanol–water partition coefficient (Wildman–Crippen LogP) is 0.317. The highest BCUT2D eigenvalue weighted by Gasteiger charge is 2.22. The molecule has 0 radical (unpaired) electrons. The SMILES string of the molecule is C#C[C@@](C)(O)c1ncccn1. The van der Waals surface area contributed by atoms with Crippen molar-refractivity contribution in [3.8, 4) is 12.3 Å². The predicted molar refractivity (Wildman–Crippen MR) is 40.4 cm³/mol. The summed E-state index contributed by atoms with van der Waals surface area (Å²) < 4.78 is 0. The Morgan fingerprint density at radius 2 is 2.09 bits per heavy atom. The highest BCUT2D eigenvalue weighted by atomic mass is 16.3. The summed E-state index contributed by atoms with van der Waals surface area (Å²) in [6, 6.07) is 1.66. The van der Waals surface area contributed by atoms with Crippen molar-refractivity contribution in [2.45, 2.75) is 12.5 Å². The number of nitrogens with zero attached hydrogens (tertiary/aromatic N) is 2. The largest absolute Gasteiger partial charge is 0.371 e. The zero-order valence-corrected chi connectivity index (χ0v) is 6.15. The number of aliphatic hydroxyl groups is 1. The molecule has 1 atom stereocenters. The fraction of sp³-hybridized carbons (Fsp3) is 0.250. The molecule has 0 amide bonds. The van der Waals surface area contributed by atoms with E-state index in [9.17, 15) is 5.11 Å². The second kappa shape index (κ2) is 2.69. The summed E-state index contributed by atoms with van der Waals surface area (Å²) in [5, 5.41) is 9.43. The van der Waals surface area contributed by atoms with E-state index in [0.29, 0.717) is 0 Å². The average molecular weight is 148 g/mol. The Morgan fingerprint density at radius 3 is 2.55 bits per heavy atom. The molecule has 0 saturated heterocycles. The lowest BCUT2D eigenvalue weighted by Crippen LogP contribution is -2.21. The Kier molecular flexibility index (Phi) is 1.88. The molecule has 0 bridgehead atoms. The Labute approximate surface area is 65.1 Å². The van der Waals surface area contributed by atoms with E-state index >= 15 is 0 Å². The van der Waals surface area contributed by atoms with Gasteiger partial charge >= 0.3 is 0 Å². The fourth-order valence-electron chi connectivity index (χ4n) is 0.615. The quantitative estimate of drug-likeness (QED) is 0.583. The number of hydrogen-bond acceptors (Lipinski definition) is 3. The molecule has 1 rings (SSSR count). The van der Waals surface area contributed by atoms with Crippen LogP contribution in [0.25, 0.3) is 0 Å². The van der Waals surface area contributed by atoms with Gasteiger partial charge in [-0.15, -0.1) is 6.42 Å². The minimum atomic E-state index is -1.36. The van der Waals surface area contributed by atoms with Crippen molar-refractivity contribution < 1.29 is 5.11 Å². The van der Waals surface area contributed by atoms with Crippen molar-refractivity contribution in [2.75, 3.05) is 0 Å². The minimum Gasteiger partial charge on any atom is -0.371 e. The van der Waals surface area contributed by atoms with Gasteiger partial charge in [-0.05, 0) is 13.0 Å². The number of terminal acetylenes is 1. The zero-order valence-electron chi connectivity index (χ0n) is 6.15. The summed E-state index contributed by atoms with van der Waals surface area (Å²) in [4.78, 5) is 7.64. The first-order valence-electron chi connectivity index (χ1n) is 3.14. The molecule has 0 aliphatic carbocycles. The third-order valence-corrected chi connectivity index (χ3v) is 1.28. The van der Waals surface area contributed by atoms with Gasteiger partial charge in [-0.2, -0.15) is 0 Å². The molecule has 0 fully saturated rings. The van der Waals surface area contributed by atoms with Gasteiger partial charge in [-0.1, -0.05) is 5.92 Å². The Balaban J connectivity index is 3.05. The third-order valence-electron chi connectivity index (χ3n) is 1.28. The van der Waals surface area contributed by atoms with Crippen LogP contribution in [0.15, 0.2) is 18.5 Å². The highest BCUT2D eigenvalue weighted by molar-refractivity contribution is 5.15. The summed E-state index contributed by atoms with van der Waals surface area (Å²) in [5.74, 6) is 2.44. The van der Waals surface area contributed by atoms with E-state index in [0.717, 1.165) is 0 Å². The Hall–Kier alpha value is -1.40. The molecular formula is C8H8N2O.